The minimum atomic E-state index is -5.38. The predicted molar refractivity (Wildman–Crippen MR) is 306 cm³/mol. The molecule has 0 radical (unpaired) electrons. The van der Waals surface area contributed by atoms with E-state index in [0.717, 1.165) is 62.4 Å². The van der Waals surface area contributed by atoms with Crippen molar-refractivity contribution in [2.45, 2.75) is 61.7 Å². The van der Waals surface area contributed by atoms with Gasteiger partial charge in [-0.1, -0.05) is 21.2 Å². The third-order valence-electron chi connectivity index (χ3n) is 11.3. The molecule has 1 aliphatic rings. The van der Waals surface area contributed by atoms with Crippen molar-refractivity contribution in [2.24, 2.45) is 40.9 Å². The number of fused-ring (bicyclic) bond motifs is 1. The number of nitrogens with two attached hydrogens (primary N) is 1. The summed E-state index contributed by atoms with van der Waals surface area (Å²) in [5.74, 6) is -3.99. The third-order valence-corrected chi connectivity index (χ3v) is 17.6. The molecule has 1 saturated carbocycles. The molecule has 7 rings (SSSR count). The van der Waals surface area contributed by atoms with E-state index in [0.29, 0.717) is 6.07 Å². The quantitative estimate of drug-likeness (QED) is 0.00519. The van der Waals surface area contributed by atoms with Crippen LogP contribution in [-0.4, -0.2) is 111 Å². The van der Waals surface area contributed by atoms with Gasteiger partial charge >= 0.3 is 20.8 Å². The van der Waals surface area contributed by atoms with Gasteiger partial charge in [-0.05, 0) is 84.8 Å². The summed E-state index contributed by atoms with van der Waals surface area (Å²) in [6.07, 6.45) is -1.05. The lowest BCUT2D eigenvalue weighted by Crippen LogP contribution is -2.15. The SMILES string of the molecule is CC(=O)Nc1cc(N=Nc2c(N)ccc3c(O)c(N=Nc4cc(NC(C)=O)c(N=Nc5ccc(C6CC6OS(=O)(=O)O)cc5S(=O)(=O)O)cc4S(=O)(=O)O)c(SOOO)cc23)c(SOOO)cc1N=Nc1ccc(S(=O)(=O)CCOS(=O)(=O)O)cc1SOOO. The number of phenols is 1. The number of sulfone groups is 1. The van der Waals surface area contributed by atoms with E-state index in [4.69, 9.17) is 30.6 Å². The second-order valence-corrected chi connectivity index (χ2v) is 26.7. The molecular weight excluding hydrogens is 1380 g/mol. The average Bonchev–Trinajstić information content (AvgIpc) is 1.36. The Labute approximate surface area is 517 Å². The number of hydrogen-bond acceptors (Lipinski definition) is 36. The maximum Gasteiger partial charge on any atom is 0.397 e. The zero-order valence-corrected chi connectivity index (χ0v) is 51.0. The maximum atomic E-state index is 12.9. The van der Waals surface area contributed by atoms with Crippen LogP contribution in [0.3, 0.4) is 0 Å². The highest BCUT2D eigenvalue weighted by molar-refractivity contribution is 7.95. The van der Waals surface area contributed by atoms with Crippen LogP contribution in [0.1, 0.15) is 31.7 Å². The number of amides is 2. The van der Waals surface area contributed by atoms with Crippen LogP contribution in [0.15, 0.2) is 149 Å². The van der Waals surface area contributed by atoms with Crippen LogP contribution < -0.4 is 16.4 Å². The Balaban J connectivity index is 1.28. The van der Waals surface area contributed by atoms with Gasteiger partial charge in [0.05, 0.1) is 91.2 Å². The Kier molecular flexibility index (Phi) is 22.9. The topological polar surface area (TPSA) is 589 Å². The van der Waals surface area contributed by atoms with Crippen LogP contribution in [-0.2, 0) is 96.9 Å². The smallest absolute Gasteiger partial charge is 0.397 e. The van der Waals surface area contributed by atoms with Crippen LogP contribution in [0.2, 0.25) is 0 Å². The minimum absolute atomic E-state index is 0.0222. The molecular formula is C43H39N11O28S8. The highest BCUT2D eigenvalue weighted by Gasteiger charge is 2.43. The number of hydrogen-bond donors (Lipinski definition) is 11. The van der Waals surface area contributed by atoms with E-state index >= 15 is 0 Å². The Morgan fingerprint density at radius 3 is 1.64 bits per heavy atom. The van der Waals surface area contributed by atoms with Crippen LogP contribution in [0.25, 0.3) is 10.8 Å². The standard InChI is InChI=1S/C43H39N11O28S8/c1-19(55)45-29-15-33(37(84-81-78-59)17-31(29)49-47-27-8-4-22(12-36(27)83-80-77-58)86(61,62)10-9-75-89(69,70)71)51-53-41-25-14-38(85-82-79-60)42(43(57)23(25)5-6-26(41)44)54-52-34-16-30(46-20(2)56)32(18-40(34)88(66,67)68)50-48-28-7-3-21(11-39(28)87(63,64)65)24-13-35(24)76-90(72,73)74/h3-8,11-12,14-18,24,35,57-60H,9-10,13,44H2,1-2H3,(H,45,55)(H,46,56)(H,63,64,65)(H,66,67,68)(H,69,70,71)(H,72,73,74). The van der Waals surface area contributed by atoms with Crippen LogP contribution in [0.4, 0.5) is 62.6 Å². The molecule has 0 spiro atoms. The number of nitrogens with zero attached hydrogens (tertiary/aromatic N) is 8. The number of carbonyl (C=O) groups is 2. The molecule has 6 aromatic rings. The number of carbonyl (C=O) groups excluding carboxylic acids is 2. The number of anilines is 3. The number of phenolic OH excluding ortho intramolecular Hbond substituents is 1. The van der Waals surface area contributed by atoms with Gasteiger partial charge in [0, 0.05) is 30.5 Å². The van der Waals surface area contributed by atoms with Gasteiger partial charge in [0.15, 0.2) is 15.6 Å². The fraction of sp³-hybridized carbons (Fsp3) is 0.163. The zero-order chi connectivity index (χ0) is 66.1. The molecule has 1 fully saturated rings. The Morgan fingerprint density at radius 2 is 1.07 bits per heavy atom. The highest BCUT2D eigenvalue weighted by atomic mass is 32.3. The molecule has 39 nitrogen and oxygen atoms in total. The van der Waals surface area contributed by atoms with Crippen molar-refractivity contribution in [2.75, 3.05) is 28.7 Å². The van der Waals surface area contributed by atoms with Crippen molar-refractivity contribution in [3.8, 4) is 5.75 Å². The van der Waals surface area contributed by atoms with Crippen LogP contribution >= 0.6 is 36.1 Å². The number of aromatic hydroxyl groups is 1. The van der Waals surface area contributed by atoms with E-state index in [1.165, 1.54) is 24.3 Å². The molecule has 6 aromatic carbocycles. The fourth-order valence-electron chi connectivity index (χ4n) is 7.60. The predicted octanol–water partition coefficient (Wildman–Crippen LogP) is 9.75. The summed E-state index contributed by atoms with van der Waals surface area (Å²) in [7, 11) is -24.7. The van der Waals surface area contributed by atoms with Crippen molar-refractivity contribution < 1.29 is 127 Å². The van der Waals surface area contributed by atoms with Gasteiger partial charge < -0.3 is 21.5 Å². The first-order chi connectivity index (χ1) is 42.2. The molecule has 90 heavy (non-hydrogen) atoms. The van der Waals surface area contributed by atoms with Crippen molar-refractivity contribution >= 4 is 172 Å². The fourth-order valence-corrected chi connectivity index (χ4v) is 12.4. The van der Waals surface area contributed by atoms with Crippen LogP contribution in [0, 0.1) is 0 Å². The lowest BCUT2D eigenvalue weighted by molar-refractivity contribution is -0.432. The average molecular weight is 1410 g/mol. The maximum absolute atomic E-state index is 12.9. The number of nitrogen functional groups attached to an aromatic ring is 1. The van der Waals surface area contributed by atoms with Crippen molar-refractivity contribution in [1.29, 1.82) is 0 Å². The summed E-state index contributed by atoms with van der Waals surface area (Å²) in [5.41, 5.74) is 2.42. The van der Waals surface area contributed by atoms with Gasteiger partial charge in [-0.25, -0.2) is 32.6 Å². The van der Waals surface area contributed by atoms with Crippen molar-refractivity contribution in [3.63, 3.8) is 0 Å². The van der Waals surface area contributed by atoms with Gasteiger partial charge in [-0.15, -0.1) is 53.9 Å². The van der Waals surface area contributed by atoms with Crippen molar-refractivity contribution in [3.05, 3.63) is 84.4 Å². The largest absolute Gasteiger partial charge is 0.505 e. The lowest BCUT2D eigenvalue weighted by Gasteiger charge is -2.13. The van der Waals surface area contributed by atoms with Crippen LogP contribution in [0.5, 0.6) is 5.75 Å². The second kappa shape index (κ2) is 29.3. The summed E-state index contributed by atoms with van der Waals surface area (Å²) >= 11 is 0.681. The summed E-state index contributed by atoms with van der Waals surface area (Å²) in [4.78, 5) is 21.9. The van der Waals surface area contributed by atoms with Gasteiger partial charge in [0.1, 0.15) is 55.3 Å². The van der Waals surface area contributed by atoms with Gasteiger partial charge in [-0.2, -0.15) is 33.7 Å². The van der Waals surface area contributed by atoms with E-state index in [1.807, 2.05) is 0 Å². The van der Waals surface area contributed by atoms with E-state index in [1.54, 1.807) is 0 Å². The normalized spacial score (nSPS) is 15.0. The van der Waals surface area contributed by atoms with E-state index in [9.17, 15) is 65.9 Å². The molecule has 47 heteroatoms. The third kappa shape index (κ3) is 18.9. The number of azo groups is 4. The first-order valence-corrected chi connectivity index (χ1v) is 33.0. The van der Waals surface area contributed by atoms with Gasteiger partial charge in [0.2, 0.25) is 11.8 Å². The van der Waals surface area contributed by atoms with E-state index in [2.05, 4.69) is 88.0 Å². The molecule has 12 N–H and O–H groups in total. The van der Waals surface area contributed by atoms with Gasteiger partial charge in [-0.3, -0.25) is 27.8 Å². The zero-order valence-electron chi connectivity index (χ0n) is 44.4. The first kappa shape index (κ1) is 70.2. The molecule has 2 unspecified atom stereocenters. The summed E-state index contributed by atoms with van der Waals surface area (Å²) < 4.78 is 182. The summed E-state index contributed by atoms with van der Waals surface area (Å²) in [6, 6.07) is 13.7. The Morgan fingerprint density at radius 1 is 0.556 bits per heavy atom. The number of benzene rings is 6. The number of rotatable bonds is 29. The first-order valence-electron chi connectivity index (χ1n) is 23.5. The molecule has 1 aliphatic carbocycles. The minimum Gasteiger partial charge on any atom is -0.505 e. The monoisotopic (exact) mass is 1410 g/mol. The van der Waals surface area contributed by atoms with E-state index in [-0.39, 0.29) is 108 Å². The van der Waals surface area contributed by atoms with Crippen molar-refractivity contribution in [1.82, 2.24) is 0 Å². The summed E-state index contributed by atoms with van der Waals surface area (Å²) in [6.45, 7) is 1.15. The highest BCUT2D eigenvalue weighted by Crippen LogP contribution is 2.50. The lowest BCUT2D eigenvalue weighted by atomic mass is 10.1. The molecule has 2 atom stereocenters. The summed E-state index contributed by atoms with van der Waals surface area (Å²) in [5, 5.41) is 86.9. The molecule has 0 saturated heterocycles. The van der Waals surface area contributed by atoms with E-state index < -0.39 is 136 Å². The number of nitrogens with one attached hydrogen (secondary N) is 2. The van der Waals surface area contributed by atoms with Gasteiger partial charge in [0.25, 0.3) is 20.2 Å². The molecule has 482 valence electrons. The molecule has 0 aromatic heterocycles. The Bertz CT molecular complexity index is 4530. The molecule has 0 bridgehead atoms. The second-order valence-electron chi connectivity index (χ2n) is 17.5. The molecule has 0 aliphatic heterocycles. The Hall–Kier alpha value is -7.28. The molecule has 2 amide bonds. The molecule has 0 heterocycles.